The minimum atomic E-state index is -1.18. The highest BCUT2D eigenvalue weighted by Crippen LogP contribution is 2.22. The van der Waals surface area contributed by atoms with Gasteiger partial charge in [-0.2, -0.15) is 0 Å². The van der Waals surface area contributed by atoms with Gasteiger partial charge in [-0.05, 0) is 41.4 Å². The maximum atomic E-state index is 11.8. The molecular weight excluding hydrogens is 318 g/mol. The molecule has 0 fully saturated rings. The van der Waals surface area contributed by atoms with Crippen molar-refractivity contribution in [2.24, 2.45) is 0 Å². The molecule has 1 atom stereocenters. The van der Waals surface area contributed by atoms with Gasteiger partial charge in [0.1, 0.15) is 5.54 Å². The Kier molecular flexibility index (Phi) is 5.34. The predicted octanol–water partition coefficient (Wildman–Crippen LogP) is 2.81. The van der Waals surface area contributed by atoms with E-state index in [2.05, 4.69) is 21.2 Å². The lowest BCUT2D eigenvalue weighted by molar-refractivity contribution is -0.147. The number of carbonyl (C=O) groups excluding carboxylic acids is 1. The van der Waals surface area contributed by atoms with Crippen LogP contribution in [-0.4, -0.2) is 22.5 Å². The molecule has 1 unspecified atom stereocenters. The van der Waals surface area contributed by atoms with E-state index in [1.165, 1.54) is 11.3 Å². The number of hydrogen-bond donors (Lipinski definition) is 2. The molecule has 100 valence electrons. The van der Waals surface area contributed by atoms with Crippen LogP contribution in [0.15, 0.2) is 15.9 Å². The van der Waals surface area contributed by atoms with Crippen molar-refractivity contribution in [1.29, 1.82) is 0 Å². The number of amides is 1. The van der Waals surface area contributed by atoms with Crippen molar-refractivity contribution < 1.29 is 14.7 Å². The number of carboxylic acids is 1. The first-order valence-corrected chi connectivity index (χ1v) is 7.27. The van der Waals surface area contributed by atoms with Gasteiger partial charge in [0.15, 0.2) is 0 Å². The molecule has 0 spiro atoms. The Morgan fingerprint density at radius 2 is 2.17 bits per heavy atom. The highest BCUT2D eigenvalue weighted by atomic mass is 79.9. The summed E-state index contributed by atoms with van der Waals surface area (Å²) < 4.78 is 0.958. The van der Waals surface area contributed by atoms with E-state index in [0.29, 0.717) is 12.8 Å². The molecule has 0 aliphatic carbocycles. The fourth-order valence-electron chi connectivity index (χ4n) is 1.68. The van der Waals surface area contributed by atoms with Crippen molar-refractivity contribution in [2.75, 3.05) is 0 Å². The van der Waals surface area contributed by atoms with Gasteiger partial charge in [0.25, 0.3) is 0 Å². The van der Waals surface area contributed by atoms with E-state index in [4.69, 9.17) is 5.11 Å². The topological polar surface area (TPSA) is 66.4 Å². The molecule has 0 bridgehead atoms. The van der Waals surface area contributed by atoms with Gasteiger partial charge in [-0.25, -0.2) is 4.79 Å². The van der Waals surface area contributed by atoms with Gasteiger partial charge in [0.2, 0.25) is 5.91 Å². The highest BCUT2D eigenvalue weighted by Gasteiger charge is 2.33. The van der Waals surface area contributed by atoms with Gasteiger partial charge >= 0.3 is 5.97 Å². The van der Waals surface area contributed by atoms with Crippen LogP contribution < -0.4 is 5.32 Å². The third kappa shape index (κ3) is 4.10. The fraction of sp³-hybridized carbons (Fsp3) is 0.500. The van der Waals surface area contributed by atoms with Crippen molar-refractivity contribution in [2.45, 2.75) is 38.6 Å². The standard InChI is InChI=1S/C12H16BrNO3S/c1-3-6-12(2,11(16)17)14-10(15)7-8-4-5-9(13)18-8/h4-5H,3,6-7H2,1-2H3,(H,14,15)(H,16,17). The minimum Gasteiger partial charge on any atom is -0.480 e. The molecule has 1 rings (SSSR count). The Morgan fingerprint density at radius 1 is 1.50 bits per heavy atom. The van der Waals surface area contributed by atoms with E-state index in [1.807, 2.05) is 19.1 Å². The number of aliphatic carboxylic acids is 1. The molecular formula is C12H16BrNO3S. The zero-order chi connectivity index (χ0) is 13.8. The number of carboxylic acid groups (broad SMARTS) is 1. The molecule has 1 heterocycles. The van der Waals surface area contributed by atoms with E-state index in [9.17, 15) is 9.59 Å². The molecule has 18 heavy (non-hydrogen) atoms. The Bertz CT molecular complexity index is 446. The maximum absolute atomic E-state index is 11.8. The zero-order valence-electron chi connectivity index (χ0n) is 10.3. The molecule has 6 heteroatoms. The summed E-state index contributed by atoms with van der Waals surface area (Å²) in [7, 11) is 0. The summed E-state index contributed by atoms with van der Waals surface area (Å²) in [6.07, 6.45) is 1.33. The molecule has 2 N–H and O–H groups in total. The summed E-state index contributed by atoms with van der Waals surface area (Å²) >= 11 is 4.80. The van der Waals surface area contributed by atoms with Crippen LogP contribution in [0, 0.1) is 0 Å². The average Bonchev–Trinajstić information content (AvgIpc) is 2.63. The van der Waals surface area contributed by atoms with Gasteiger partial charge in [-0.1, -0.05) is 13.3 Å². The van der Waals surface area contributed by atoms with Crippen LogP contribution in [0.4, 0.5) is 0 Å². The molecule has 0 saturated heterocycles. The number of thiophene rings is 1. The summed E-state index contributed by atoms with van der Waals surface area (Å²) in [5, 5.41) is 11.8. The summed E-state index contributed by atoms with van der Waals surface area (Å²) in [6.45, 7) is 3.44. The van der Waals surface area contributed by atoms with Crippen molar-refractivity contribution in [3.05, 3.63) is 20.8 Å². The lowest BCUT2D eigenvalue weighted by Gasteiger charge is -2.25. The quantitative estimate of drug-likeness (QED) is 0.841. The molecule has 0 aliphatic rings. The first kappa shape index (κ1) is 15.2. The van der Waals surface area contributed by atoms with Gasteiger partial charge < -0.3 is 10.4 Å². The zero-order valence-corrected chi connectivity index (χ0v) is 12.7. The van der Waals surface area contributed by atoms with Crippen LogP contribution in [0.3, 0.4) is 0 Å². The van der Waals surface area contributed by atoms with Crippen molar-refractivity contribution in [3.8, 4) is 0 Å². The first-order chi connectivity index (χ1) is 8.37. The summed E-state index contributed by atoms with van der Waals surface area (Å²) in [6, 6.07) is 3.72. The molecule has 1 amide bonds. The molecule has 1 aromatic heterocycles. The minimum absolute atomic E-state index is 0.211. The lowest BCUT2D eigenvalue weighted by Crippen LogP contribution is -2.52. The smallest absolute Gasteiger partial charge is 0.329 e. The summed E-state index contributed by atoms with van der Waals surface area (Å²) in [4.78, 5) is 23.9. The normalized spacial score (nSPS) is 13.9. The molecule has 4 nitrogen and oxygen atoms in total. The van der Waals surface area contributed by atoms with E-state index < -0.39 is 11.5 Å². The van der Waals surface area contributed by atoms with Crippen LogP contribution >= 0.6 is 27.3 Å². The second-order valence-electron chi connectivity index (χ2n) is 4.32. The van der Waals surface area contributed by atoms with Crippen LogP contribution in [-0.2, 0) is 16.0 Å². The Hall–Kier alpha value is -0.880. The van der Waals surface area contributed by atoms with Gasteiger partial charge in [0, 0.05) is 4.88 Å². The first-order valence-electron chi connectivity index (χ1n) is 5.66. The molecule has 1 aromatic rings. The second kappa shape index (κ2) is 6.33. The van der Waals surface area contributed by atoms with E-state index in [0.717, 1.165) is 8.66 Å². The van der Waals surface area contributed by atoms with Gasteiger partial charge in [-0.15, -0.1) is 11.3 Å². The maximum Gasteiger partial charge on any atom is 0.329 e. The average molecular weight is 334 g/mol. The molecule has 0 saturated carbocycles. The largest absolute Gasteiger partial charge is 0.480 e. The van der Waals surface area contributed by atoms with Crippen molar-refractivity contribution in [3.63, 3.8) is 0 Å². The Morgan fingerprint density at radius 3 is 2.61 bits per heavy atom. The van der Waals surface area contributed by atoms with Crippen LogP contribution in [0.2, 0.25) is 0 Å². The second-order valence-corrected chi connectivity index (χ2v) is 6.87. The SMILES string of the molecule is CCCC(C)(NC(=O)Cc1ccc(Br)s1)C(=O)O. The van der Waals surface area contributed by atoms with E-state index >= 15 is 0 Å². The molecule has 0 aliphatic heterocycles. The van der Waals surface area contributed by atoms with E-state index in [1.54, 1.807) is 6.92 Å². The third-order valence-corrected chi connectivity index (χ3v) is 4.22. The molecule has 0 aromatic carbocycles. The fourth-order valence-corrected chi connectivity index (χ4v) is 3.16. The van der Waals surface area contributed by atoms with E-state index in [-0.39, 0.29) is 12.3 Å². The predicted molar refractivity (Wildman–Crippen MR) is 74.8 cm³/mol. The number of rotatable bonds is 6. The number of carbonyl (C=O) groups is 2. The number of hydrogen-bond acceptors (Lipinski definition) is 3. The Balaban J connectivity index is 2.65. The van der Waals surface area contributed by atoms with Gasteiger partial charge in [-0.3, -0.25) is 4.79 Å². The van der Waals surface area contributed by atoms with Crippen LogP contribution in [0.25, 0.3) is 0 Å². The lowest BCUT2D eigenvalue weighted by atomic mass is 9.96. The van der Waals surface area contributed by atoms with Crippen molar-refractivity contribution >= 4 is 39.1 Å². The Labute approximate surface area is 119 Å². The van der Waals surface area contributed by atoms with Crippen LogP contribution in [0.1, 0.15) is 31.6 Å². The summed E-state index contributed by atoms with van der Waals surface area (Å²) in [5.41, 5.74) is -1.18. The number of halogens is 1. The number of nitrogens with one attached hydrogen (secondary N) is 1. The van der Waals surface area contributed by atoms with Crippen LogP contribution in [0.5, 0.6) is 0 Å². The summed E-state index contributed by atoms with van der Waals surface area (Å²) in [5.74, 6) is -1.26. The highest BCUT2D eigenvalue weighted by molar-refractivity contribution is 9.11. The third-order valence-electron chi connectivity index (χ3n) is 2.60. The monoisotopic (exact) mass is 333 g/mol. The van der Waals surface area contributed by atoms with Gasteiger partial charge in [0.05, 0.1) is 10.2 Å². The van der Waals surface area contributed by atoms with Crippen molar-refractivity contribution in [1.82, 2.24) is 5.32 Å². The molecule has 0 radical (unpaired) electrons.